The molecule has 0 bridgehead atoms. The Morgan fingerprint density at radius 1 is 0.818 bits per heavy atom. The van der Waals surface area contributed by atoms with E-state index in [0.717, 1.165) is 5.41 Å². The molecule has 2 fully saturated rings. The first kappa shape index (κ1) is 7.60. The summed E-state index contributed by atoms with van der Waals surface area (Å²) >= 11 is 0. The molecular formula is C10H19N. The molecule has 0 aromatic heterocycles. The molecule has 1 aliphatic heterocycles. The van der Waals surface area contributed by atoms with Gasteiger partial charge in [0.05, 0.1) is 0 Å². The van der Waals surface area contributed by atoms with Crippen molar-refractivity contribution in [1.29, 1.82) is 0 Å². The summed E-state index contributed by atoms with van der Waals surface area (Å²) in [5.74, 6) is 0. The lowest BCUT2D eigenvalue weighted by Gasteiger charge is -2.40. The highest BCUT2D eigenvalue weighted by Crippen LogP contribution is 2.40. The number of hydrogen-bond acceptors (Lipinski definition) is 1. The molecule has 1 heterocycles. The van der Waals surface area contributed by atoms with E-state index in [2.05, 4.69) is 5.32 Å². The van der Waals surface area contributed by atoms with Gasteiger partial charge in [0.1, 0.15) is 0 Å². The summed E-state index contributed by atoms with van der Waals surface area (Å²) in [5, 5.41) is 3.55. The minimum Gasteiger partial charge on any atom is -0.316 e. The predicted octanol–water partition coefficient (Wildman–Crippen LogP) is 2.32. The number of nitrogens with one attached hydrogen (secondary N) is 1. The SMILES string of the molecule is C1CCC2(CC1)CCCNC2. The molecule has 1 saturated carbocycles. The zero-order valence-corrected chi connectivity index (χ0v) is 7.36. The monoisotopic (exact) mass is 153 g/mol. The van der Waals surface area contributed by atoms with Crippen LogP contribution in [0.1, 0.15) is 44.9 Å². The first-order valence-electron chi connectivity index (χ1n) is 5.12. The Morgan fingerprint density at radius 2 is 1.55 bits per heavy atom. The maximum atomic E-state index is 3.55. The Balaban J connectivity index is 1.94. The van der Waals surface area contributed by atoms with E-state index in [1.54, 1.807) is 0 Å². The third-order valence-electron chi connectivity index (χ3n) is 3.47. The van der Waals surface area contributed by atoms with Gasteiger partial charge in [0.15, 0.2) is 0 Å². The lowest BCUT2D eigenvalue weighted by Crippen LogP contribution is -2.41. The van der Waals surface area contributed by atoms with Crippen LogP contribution in [0, 0.1) is 5.41 Å². The van der Waals surface area contributed by atoms with Crippen molar-refractivity contribution >= 4 is 0 Å². The molecule has 2 aliphatic rings. The van der Waals surface area contributed by atoms with Crippen molar-refractivity contribution in [3.05, 3.63) is 0 Å². The van der Waals surface area contributed by atoms with Crippen LogP contribution in [0.2, 0.25) is 0 Å². The van der Waals surface area contributed by atoms with Crippen LogP contribution in [0.4, 0.5) is 0 Å². The summed E-state index contributed by atoms with van der Waals surface area (Å²) in [6, 6.07) is 0. The fourth-order valence-electron chi connectivity index (χ4n) is 2.76. The smallest absolute Gasteiger partial charge is 0.000781 e. The summed E-state index contributed by atoms with van der Waals surface area (Å²) in [6.45, 7) is 2.58. The predicted molar refractivity (Wildman–Crippen MR) is 47.6 cm³/mol. The Morgan fingerprint density at radius 3 is 2.18 bits per heavy atom. The molecule has 0 aromatic carbocycles. The zero-order chi connectivity index (χ0) is 7.57. The van der Waals surface area contributed by atoms with Gasteiger partial charge in [-0.05, 0) is 37.6 Å². The van der Waals surface area contributed by atoms with Crippen molar-refractivity contribution in [2.45, 2.75) is 44.9 Å². The normalized spacial score (nSPS) is 30.5. The van der Waals surface area contributed by atoms with Crippen molar-refractivity contribution in [3.8, 4) is 0 Å². The molecule has 64 valence electrons. The highest BCUT2D eigenvalue weighted by atomic mass is 14.9. The van der Waals surface area contributed by atoms with Crippen LogP contribution < -0.4 is 5.32 Å². The minimum atomic E-state index is 0.747. The summed E-state index contributed by atoms with van der Waals surface area (Å²) < 4.78 is 0. The minimum absolute atomic E-state index is 0.747. The topological polar surface area (TPSA) is 12.0 Å². The molecular weight excluding hydrogens is 134 g/mol. The van der Waals surface area contributed by atoms with Crippen molar-refractivity contribution < 1.29 is 0 Å². The van der Waals surface area contributed by atoms with Crippen LogP contribution in [-0.4, -0.2) is 13.1 Å². The molecule has 0 amide bonds. The van der Waals surface area contributed by atoms with Gasteiger partial charge >= 0.3 is 0 Å². The largest absolute Gasteiger partial charge is 0.316 e. The highest BCUT2D eigenvalue weighted by Gasteiger charge is 2.32. The van der Waals surface area contributed by atoms with Crippen LogP contribution in [0.3, 0.4) is 0 Å². The number of hydrogen-bond donors (Lipinski definition) is 1. The van der Waals surface area contributed by atoms with Gasteiger partial charge in [-0.1, -0.05) is 19.3 Å². The Bertz CT molecular complexity index is 99.3. The average molecular weight is 153 g/mol. The maximum absolute atomic E-state index is 3.55. The molecule has 0 aromatic rings. The summed E-state index contributed by atoms with van der Waals surface area (Å²) in [5.41, 5.74) is 0.747. The Kier molecular flexibility index (Phi) is 2.17. The van der Waals surface area contributed by atoms with E-state index in [0.29, 0.717) is 0 Å². The van der Waals surface area contributed by atoms with Crippen LogP contribution in [0.5, 0.6) is 0 Å². The number of rotatable bonds is 0. The zero-order valence-electron chi connectivity index (χ0n) is 7.36. The molecule has 0 atom stereocenters. The third-order valence-corrected chi connectivity index (χ3v) is 3.47. The van der Waals surface area contributed by atoms with Crippen molar-refractivity contribution in [2.75, 3.05) is 13.1 Å². The highest BCUT2D eigenvalue weighted by molar-refractivity contribution is 4.87. The molecule has 11 heavy (non-hydrogen) atoms. The first-order chi connectivity index (χ1) is 5.41. The number of piperidine rings is 1. The van der Waals surface area contributed by atoms with Gasteiger partial charge in [0, 0.05) is 6.54 Å². The Labute approximate surface area is 69.6 Å². The molecule has 2 rings (SSSR count). The second-order valence-corrected chi connectivity index (χ2v) is 4.34. The lowest BCUT2D eigenvalue weighted by molar-refractivity contribution is 0.140. The van der Waals surface area contributed by atoms with Gasteiger partial charge in [0.2, 0.25) is 0 Å². The first-order valence-corrected chi connectivity index (χ1v) is 5.12. The van der Waals surface area contributed by atoms with Crippen LogP contribution in [-0.2, 0) is 0 Å². The quantitative estimate of drug-likeness (QED) is 0.563. The van der Waals surface area contributed by atoms with Crippen LogP contribution in [0.15, 0.2) is 0 Å². The average Bonchev–Trinajstić information content (AvgIpc) is 2.07. The second-order valence-electron chi connectivity index (χ2n) is 4.34. The van der Waals surface area contributed by atoms with Gasteiger partial charge in [-0.15, -0.1) is 0 Å². The molecule has 1 N–H and O–H groups in total. The molecule has 1 aliphatic carbocycles. The molecule has 1 saturated heterocycles. The van der Waals surface area contributed by atoms with E-state index in [4.69, 9.17) is 0 Å². The van der Waals surface area contributed by atoms with Gasteiger partial charge in [0.25, 0.3) is 0 Å². The maximum Gasteiger partial charge on any atom is 0.000781 e. The second kappa shape index (κ2) is 3.14. The van der Waals surface area contributed by atoms with Gasteiger partial charge in [-0.2, -0.15) is 0 Å². The summed E-state index contributed by atoms with van der Waals surface area (Å²) in [4.78, 5) is 0. The van der Waals surface area contributed by atoms with E-state index in [9.17, 15) is 0 Å². The molecule has 1 spiro atoms. The van der Waals surface area contributed by atoms with E-state index in [-0.39, 0.29) is 0 Å². The lowest BCUT2D eigenvalue weighted by atomic mass is 9.70. The van der Waals surface area contributed by atoms with E-state index in [1.807, 2.05) is 0 Å². The third kappa shape index (κ3) is 1.58. The van der Waals surface area contributed by atoms with E-state index in [1.165, 1.54) is 58.0 Å². The van der Waals surface area contributed by atoms with Crippen molar-refractivity contribution in [3.63, 3.8) is 0 Å². The van der Waals surface area contributed by atoms with E-state index < -0.39 is 0 Å². The Hall–Kier alpha value is -0.0400. The summed E-state index contributed by atoms with van der Waals surface area (Å²) in [6.07, 6.45) is 10.4. The molecule has 0 unspecified atom stereocenters. The van der Waals surface area contributed by atoms with Gasteiger partial charge in [-0.25, -0.2) is 0 Å². The fraction of sp³-hybridized carbons (Fsp3) is 1.00. The van der Waals surface area contributed by atoms with Gasteiger partial charge in [-0.3, -0.25) is 0 Å². The standard InChI is InChI=1S/C10H19N/c1-2-5-10(6-3-1)7-4-8-11-9-10/h11H,1-9H2. The summed E-state index contributed by atoms with van der Waals surface area (Å²) in [7, 11) is 0. The van der Waals surface area contributed by atoms with Crippen LogP contribution in [0.25, 0.3) is 0 Å². The van der Waals surface area contributed by atoms with E-state index >= 15 is 0 Å². The van der Waals surface area contributed by atoms with Crippen LogP contribution >= 0.6 is 0 Å². The molecule has 1 heteroatoms. The van der Waals surface area contributed by atoms with Crippen molar-refractivity contribution in [1.82, 2.24) is 5.32 Å². The molecule has 0 radical (unpaired) electrons. The van der Waals surface area contributed by atoms with Crippen molar-refractivity contribution in [2.24, 2.45) is 5.41 Å². The van der Waals surface area contributed by atoms with Gasteiger partial charge < -0.3 is 5.32 Å². The fourth-order valence-corrected chi connectivity index (χ4v) is 2.76. The molecule has 1 nitrogen and oxygen atoms in total.